The molecule has 20 heavy (non-hydrogen) atoms. The number of methoxy groups -OCH3 is 1. The number of aromatic nitrogens is 1. The SMILES string of the molecule is CCNC(C)(C)C(=O)N(CCOC)Cc1ccccn1. The van der Waals surface area contributed by atoms with Crippen LogP contribution in [0.25, 0.3) is 0 Å². The number of pyridine rings is 1. The molecule has 1 aromatic rings. The second-order valence-electron chi connectivity index (χ2n) is 5.20. The number of carbonyl (C=O) groups is 1. The number of rotatable bonds is 8. The van der Waals surface area contributed by atoms with Crippen LogP contribution in [0.4, 0.5) is 0 Å². The number of amides is 1. The second-order valence-corrected chi connectivity index (χ2v) is 5.20. The molecular formula is C15H25N3O2. The number of carbonyl (C=O) groups excluding carboxylic acids is 1. The van der Waals surface area contributed by atoms with Gasteiger partial charge in [0.05, 0.1) is 24.4 Å². The summed E-state index contributed by atoms with van der Waals surface area (Å²) in [4.78, 5) is 18.7. The molecule has 5 heteroatoms. The van der Waals surface area contributed by atoms with Crippen LogP contribution in [-0.2, 0) is 16.1 Å². The monoisotopic (exact) mass is 279 g/mol. The summed E-state index contributed by atoms with van der Waals surface area (Å²) >= 11 is 0. The second kappa shape index (κ2) is 7.97. The largest absolute Gasteiger partial charge is 0.383 e. The lowest BCUT2D eigenvalue weighted by Crippen LogP contribution is -2.54. The van der Waals surface area contributed by atoms with E-state index < -0.39 is 5.54 Å². The Morgan fingerprint density at radius 1 is 1.45 bits per heavy atom. The van der Waals surface area contributed by atoms with Crippen LogP contribution >= 0.6 is 0 Å². The highest BCUT2D eigenvalue weighted by atomic mass is 16.5. The first-order valence-electron chi connectivity index (χ1n) is 6.94. The average Bonchev–Trinajstić information content (AvgIpc) is 2.43. The van der Waals surface area contributed by atoms with Gasteiger partial charge in [-0.05, 0) is 32.5 Å². The van der Waals surface area contributed by atoms with Gasteiger partial charge in [0.1, 0.15) is 0 Å². The summed E-state index contributed by atoms with van der Waals surface area (Å²) in [6, 6.07) is 5.72. The predicted octanol–water partition coefficient (Wildman–Crippen LogP) is 1.44. The third kappa shape index (κ3) is 4.90. The van der Waals surface area contributed by atoms with E-state index in [1.165, 1.54) is 0 Å². The van der Waals surface area contributed by atoms with E-state index in [9.17, 15) is 4.79 Å². The average molecular weight is 279 g/mol. The molecule has 1 amide bonds. The Labute approximate surface area is 121 Å². The molecule has 0 bridgehead atoms. The normalized spacial score (nSPS) is 11.4. The summed E-state index contributed by atoms with van der Waals surface area (Å²) < 4.78 is 5.10. The summed E-state index contributed by atoms with van der Waals surface area (Å²) in [6.07, 6.45) is 1.74. The maximum Gasteiger partial charge on any atom is 0.242 e. The van der Waals surface area contributed by atoms with Crippen molar-refractivity contribution < 1.29 is 9.53 Å². The maximum absolute atomic E-state index is 12.6. The Balaban J connectivity index is 2.80. The lowest BCUT2D eigenvalue weighted by atomic mass is 10.0. The van der Waals surface area contributed by atoms with Crippen LogP contribution in [0.5, 0.6) is 0 Å². The van der Waals surface area contributed by atoms with Gasteiger partial charge in [0.2, 0.25) is 5.91 Å². The van der Waals surface area contributed by atoms with Gasteiger partial charge in [-0.25, -0.2) is 0 Å². The molecule has 0 aliphatic carbocycles. The minimum Gasteiger partial charge on any atom is -0.383 e. The number of ether oxygens (including phenoxy) is 1. The molecule has 1 rings (SSSR count). The first kappa shape index (κ1) is 16.6. The quantitative estimate of drug-likeness (QED) is 0.782. The summed E-state index contributed by atoms with van der Waals surface area (Å²) in [7, 11) is 1.64. The van der Waals surface area contributed by atoms with Crippen LogP contribution < -0.4 is 5.32 Å². The Morgan fingerprint density at radius 3 is 2.75 bits per heavy atom. The van der Waals surface area contributed by atoms with Crippen LogP contribution in [0.1, 0.15) is 26.5 Å². The van der Waals surface area contributed by atoms with E-state index in [-0.39, 0.29) is 5.91 Å². The number of hydrogen-bond acceptors (Lipinski definition) is 4. The fourth-order valence-electron chi connectivity index (χ4n) is 2.05. The first-order chi connectivity index (χ1) is 9.51. The van der Waals surface area contributed by atoms with Crippen LogP contribution in [0.15, 0.2) is 24.4 Å². The van der Waals surface area contributed by atoms with E-state index >= 15 is 0 Å². The molecule has 0 aliphatic heterocycles. The van der Waals surface area contributed by atoms with Gasteiger partial charge in [-0.15, -0.1) is 0 Å². The fraction of sp³-hybridized carbons (Fsp3) is 0.600. The minimum absolute atomic E-state index is 0.0575. The van der Waals surface area contributed by atoms with Crippen molar-refractivity contribution in [1.29, 1.82) is 0 Å². The summed E-state index contributed by atoms with van der Waals surface area (Å²) in [6.45, 7) is 8.11. The number of likely N-dealkylation sites (N-methyl/N-ethyl adjacent to an activating group) is 1. The van der Waals surface area contributed by atoms with Gasteiger partial charge in [-0.1, -0.05) is 13.0 Å². The van der Waals surface area contributed by atoms with Crippen molar-refractivity contribution in [1.82, 2.24) is 15.2 Å². The highest BCUT2D eigenvalue weighted by molar-refractivity contribution is 5.85. The molecule has 1 heterocycles. The van der Waals surface area contributed by atoms with Crippen LogP contribution in [0, 0.1) is 0 Å². The van der Waals surface area contributed by atoms with Crippen LogP contribution in [-0.4, -0.2) is 48.1 Å². The topological polar surface area (TPSA) is 54.5 Å². The molecule has 5 nitrogen and oxygen atoms in total. The number of hydrogen-bond donors (Lipinski definition) is 1. The third-order valence-electron chi connectivity index (χ3n) is 3.08. The van der Waals surface area contributed by atoms with Gasteiger partial charge in [-0.3, -0.25) is 9.78 Å². The summed E-state index contributed by atoms with van der Waals surface area (Å²) in [5.74, 6) is 0.0575. The van der Waals surface area contributed by atoms with Gasteiger partial charge < -0.3 is 15.0 Å². The Bertz CT molecular complexity index is 407. The predicted molar refractivity (Wildman–Crippen MR) is 79.3 cm³/mol. The van der Waals surface area contributed by atoms with Crippen molar-refractivity contribution in [2.75, 3.05) is 26.8 Å². The number of nitrogens with zero attached hydrogens (tertiary/aromatic N) is 2. The number of nitrogens with one attached hydrogen (secondary N) is 1. The fourth-order valence-corrected chi connectivity index (χ4v) is 2.05. The van der Waals surface area contributed by atoms with Crippen molar-refractivity contribution in [3.63, 3.8) is 0 Å². The lowest BCUT2D eigenvalue weighted by Gasteiger charge is -2.32. The molecule has 0 spiro atoms. The van der Waals surface area contributed by atoms with Crippen LogP contribution in [0.2, 0.25) is 0 Å². The highest BCUT2D eigenvalue weighted by Gasteiger charge is 2.31. The standard InChI is InChI=1S/C15H25N3O2/c1-5-17-15(2,3)14(19)18(10-11-20-4)12-13-8-6-7-9-16-13/h6-9,17H,5,10-12H2,1-4H3. The Hall–Kier alpha value is -1.46. The van der Waals surface area contributed by atoms with E-state index in [2.05, 4.69) is 10.3 Å². The molecule has 0 unspecified atom stereocenters. The molecule has 0 atom stereocenters. The Kier molecular flexibility index (Phi) is 6.61. The smallest absolute Gasteiger partial charge is 0.242 e. The molecule has 1 N–H and O–H groups in total. The van der Waals surface area contributed by atoms with Crippen molar-refractivity contribution in [3.8, 4) is 0 Å². The zero-order valence-corrected chi connectivity index (χ0v) is 12.8. The van der Waals surface area contributed by atoms with E-state index in [4.69, 9.17) is 4.74 Å². The van der Waals surface area contributed by atoms with Gasteiger partial charge in [0.15, 0.2) is 0 Å². The summed E-state index contributed by atoms with van der Waals surface area (Å²) in [5.41, 5.74) is 0.293. The summed E-state index contributed by atoms with van der Waals surface area (Å²) in [5, 5.41) is 3.21. The van der Waals surface area contributed by atoms with Gasteiger partial charge in [-0.2, -0.15) is 0 Å². The molecule has 0 radical (unpaired) electrons. The maximum atomic E-state index is 12.6. The molecule has 0 aromatic carbocycles. The zero-order chi connectivity index (χ0) is 15.0. The van der Waals surface area contributed by atoms with Crippen LogP contribution in [0.3, 0.4) is 0 Å². The van der Waals surface area contributed by atoms with E-state index in [1.807, 2.05) is 39.0 Å². The molecule has 0 fully saturated rings. The molecule has 1 aromatic heterocycles. The van der Waals surface area contributed by atoms with E-state index in [1.54, 1.807) is 18.2 Å². The molecule has 0 saturated heterocycles. The molecule has 112 valence electrons. The van der Waals surface area contributed by atoms with Gasteiger partial charge >= 0.3 is 0 Å². The lowest BCUT2D eigenvalue weighted by molar-refractivity contribution is -0.138. The van der Waals surface area contributed by atoms with Crippen molar-refractivity contribution in [2.45, 2.75) is 32.9 Å². The third-order valence-corrected chi connectivity index (χ3v) is 3.08. The molecular weight excluding hydrogens is 254 g/mol. The van der Waals surface area contributed by atoms with Gasteiger partial charge in [0.25, 0.3) is 0 Å². The minimum atomic E-state index is -0.586. The molecule has 0 saturated carbocycles. The first-order valence-corrected chi connectivity index (χ1v) is 6.94. The van der Waals surface area contributed by atoms with E-state index in [0.717, 1.165) is 12.2 Å². The highest BCUT2D eigenvalue weighted by Crippen LogP contribution is 2.11. The van der Waals surface area contributed by atoms with Crippen molar-refractivity contribution in [3.05, 3.63) is 30.1 Å². The van der Waals surface area contributed by atoms with Crippen molar-refractivity contribution >= 4 is 5.91 Å². The van der Waals surface area contributed by atoms with Gasteiger partial charge in [0, 0.05) is 19.9 Å². The van der Waals surface area contributed by atoms with E-state index in [0.29, 0.717) is 19.7 Å². The molecule has 0 aliphatic rings. The Morgan fingerprint density at radius 2 is 2.20 bits per heavy atom. The van der Waals surface area contributed by atoms with Crippen molar-refractivity contribution in [2.24, 2.45) is 0 Å². The zero-order valence-electron chi connectivity index (χ0n) is 12.8.